The molecule has 0 saturated carbocycles. The van der Waals surface area contributed by atoms with Gasteiger partial charge in [-0.3, -0.25) is 0 Å². The molecular weight excluding hydrogens is 338 g/mol. The van der Waals surface area contributed by atoms with Crippen LogP contribution in [0.2, 0.25) is 5.02 Å². The number of nitrogens with zero attached hydrogens (tertiary/aromatic N) is 2. The van der Waals surface area contributed by atoms with Crippen molar-refractivity contribution in [3.63, 3.8) is 0 Å². The van der Waals surface area contributed by atoms with Gasteiger partial charge in [0.25, 0.3) is 0 Å². The fraction of sp³-hybridized carbons (Fsp3) is 0.684. The van der Waals surface area contributed by atoms with Crippen molar-refractivity contribution in [1.29, 1.82) is 0 Å². The third-order valence-electron chi connectivity index (χ3n) is 5.33. The van der Waals surface area contributed by atoms with Crippen molar-refractivity contribution in [1.82, 2.24) is 9.80 Å². The summed E-state index contributed by atoms with van der Waals surface area (Å²) >= 11 is 6.40. The van der Waals surface area contributed by atoms with Gasteiger partial charge in [0.1, 0.15) is 11.9 Å². The molecule has 2 saturated heterocycles. The Morgan fingerprint density at radius 2 is 1.92 bits per heavy atom. The number of aliphatic hydroxyl groups is 1. The summed E-state index contributed by atoms with van der Waals surface area (Å²) in [5.41, 5.74) is 6.97. The summed E-state index contributed by atoms with van der Waals surface area (Å²) in [5, 5.41) is 11.1. The van der Waals surface area contributed by atoms with Crippen LogP contribution in [-0.2, 0) is 0 Å². The second kappa shape index (κ2) is 8.69. The van der Waals surface area contributed by atoms with Crippen LogP contribution >= 0.6 is 11.6 Å². The topological polar surface area (TPSA) is 62.0 Å². The molecule has 0 aromatic heterocycles. The van der Waals surface area contributed by atoms with E-state index in [1.54, 1.807) is 6.07 Å². The van der Waals surface area contributed by atoms with E-state index in [1.165, 1.54) is 12.8 Å². The van der Waals surface area contributed by atoms with Crippen molar-refractivity contribution in [2.45, 2.75) is 43.9 Å². The lowest BCUT2D eigenvalue weighted by Crippen LogP contribution is -2.40. The summed E-state index contributed by atoms with van der Waals surface area (Å²) in [6.07, 6.45) is 3.96. The van der Waals surface area contributed by atoms with Gasteiger partial charge in [-0.05, 0) is 63.5 Å². The maximum Gasteiger partial charge on any atom is 0.138 e. The number of hydrogen-bond acceptors (Lipinski definition) is 5. The lowest BCUT2D eigenvalue weighted by atomic mass is 10.0. The normalized spacial score (nSPS) is 22.9. The van der Waals surface area contributed by atoms with Crippen LogP contribution in [0.4, 0.5) is 0 Å². The standard InChI is InChI=1S/C19H30ClN3O2/c1-22-10-6-15(7-11-22)25-18-5-4-14(12-16(18)20)19(24)17(21)13-23-8-2-3-9-23/h4-5,12,15,17,19,24H,2-3,6-11,13,21H2,1H3/t17-,19-/m1/s1. The van der Waals surface area contributed by atoms with E-state index >= 15 is 0 Å². The molecule has 2 aliphatic rings. The number of ether oxygens (including phenoxy) is 1. The van der Waals surface area contributed by atoms with E-state index in [1.807, 2.05) is 12.1 Å². The number of likely N-dealkylation sites (tertiary alicyclic amines) is 2. The first-order valence-electron chi connectivity index (χ1n) is 9.33. The van der Waals surface area contributed by atoms with E-state index in [0.29, 0.717) is 17.3 Å². The van der Waals surface area contributed by atoms with Gasteiger partial charge in [0.15, 0.2) is 0 Å². The zero-order valence-electron chi connectivity index (χ0n) is 15.0. The Balaban J connectivity index is 1.58. The molecule has 2 atom stereocenters. The van der Waals surface area contributed by atoms with Crippen molar-refractivity contribution < 1.29 is 9.84 Å². The number of aliphatic hydroxyl groups excluding tert-OH is 1. The highest BCUT2D eigenvalue weighted by Crippen LogP contribution is 2.31. The largest absolute Gasteiger partial charge is 0.489 e. The van der Waals surface area contributed by atoms with Gasteiger partial charge in [0.05, 0.1) is 11.1 Å². The lowest BCUT2D eigenvalue weighted by molar-refractivity contribution is 0.113. The molecule has 0 bridgehead atoms. The summed E-state index contributed by atoms with van der Waals surface area (Å²) in [7, 11) is 2.13. The van der Waals surface area contributed by atoms with Crippen LogP contribution < -0.4 is 10.5 Å². The van der Waals surface area contributed by atoms with Crippen LogP contribution in [0.25, 0.3) is 0 Å². The quantitative estimate of drug-likeness (QED) is 0.807. The summed E-state index contributed by atoms with van der Waals surface area (Å²) in [6, 6.07) is 5.22. The predicted molar refractivity (Wildman–Crippen MR) is 101 cm³/mol. The third kappa shape index (κ3) is 5.08. The first kappa shape index (κ1) is 18.9. The SMILES string of the molecule is CN1CCC(Oc2ccc([C@@H](O)[C@H](N)CN3CCCC3)cc2Cl)CC1. The van der Waals surface area contributed by atoms with E-state index < -0.39 is 6.10 Å². The molecule has 0 unspecified atom stereocenters. The molecule has 0 aliphatic carbocycles. The van der Waals surface area contributed by atoms with E-state index in [0.717, 1.165) is 44.6 Å². The molecule has 2 heterocycles. The minimum Gasteiger partial charge on any atom is -0.489 e. The Kier molecular flexibility index (Phi) is 6.58. The Morgan fingerprint density at radius 1 is 1.24 bits per heavy atom. The van der Waals surface area contributed by atoms with Crippen molar-refractivity contribution in [2.24, 2.45) is 5.73 Å². The average Bonchev–Trinajstić information content (AvgIpc) is 3.11. The molecule has 1 aromatic carbocycles. The van der Waals surface area contributed by atoms with Crippen LogP contribution in [0.3, 0.4) is 0 Å². The maximum absolute atomic E-state index is 10.6. The van der Waals surface area contributed by atoms with Gasteiger partial charge in [-0.1, -0.05) is 17.7 Å². The third-order valence-corrected chi connectivity index (χ3v) is 5.63. The van der Waals surface area contributed by atoms with Gasteiger partial charge >= 0.3 is 0 Å². The average molecular weight is 368 g/mol. The monoisotopic (exact) mass is 367 g/mol. The van der Waals surface area contributed by atoms with Crippen molar-refractivity contribution in [3.8, 4) is 5.75 Å². The van der Waals surface area contributed by atoms with Crippen molar-refractivity contribution in [2.75, 3.05) is 39.8 Å². The van der Waals surface area contributed by atoms with Crippen molar-refractivity contribution >= 4 is 11.6 Å². The van der Waals surface area contributed by atoms with Gasteiger partial charge in [-0.2, -0.15) is 0 Å². The second-order valence-corrected chi connectivity index (χ2v) is 7.83. The van der Waals surface area contributed by atoms with Crippen LogP contribution in [0.1, 0.15) is 37.4 Å². The van der Waals surface area contributed by atoms with Gasteiger partial charge < -0.3 is 25.4 Å². The number of hydrogen-bond donors (Lipinski definition) is 2. The molecule has 2 aliphatic heterocycles. The Bertz CT molecular complexity index is 558. The number of halogens is 1. The van der Waals surface area contributed by atoms with Gasteiger partial charge in [-0.15, -0.1) is 0 Å². The van der Waals surface area contributed by atoms with E-state index in [9.17, 15) is 5.11 Å². The summed E-state index contributed by atoms with van der Waals surface area (Å²) in [5.74, 6) is 0.695. The fourth-order valence-corrected chi connectivity index (χ4v) is 3.92. The van der Waals surface area contributed by atoms with Gasteiger partial charge in [-0.25, -0.2) is 0 Å². The molecule has 3 rings (SSSR count). The Morgan fingerprint density at radius 3 is 2.56 bits per heavy atom. The summed E-state index contributed by atoms with van der Waals surface area (Å²) in [4.78, 5) is 4.62. The number of benzene rings is 1. The molecule has 0 radical (unpaired) electrons. The highest BCUT2D eigenvalue weighted by molar-refractivity contribution is 6.32. The molecular formula is C19H30ClN3O2. The molecule has 0 amide bonds. The van der Waals surface area contributed by atoms with Crippen LogP contribution in [0.5, 0.6) is 5.75 Å². The molecule has 2 fully saturated rings. The molecule has 1 aromatic rings. The number of nitrogens with two attached hydrogens (primary N) is 1. The molecule has 3 N–H and O–H groups in total. The van der Waals surface area contributed by atoms with Gasteiger partial charge in [0.2, 0.25) is 0 Å². The maximum atomic E-state index is 10.6. The van der Waals surface area contributed by atoms with E-state index in [4.69, 9.17) is 22.1 Å². The summed E-state index contributed by atoms with van der Waals surface area (Å²) in [6.45, 7) is 4.95. The summed E-state index contributed by atoms with van der Waals surface area (Å²) < 4.78 is 6.06. The Labute approximate surface area is 155 Å². The first-order valence-corrected chi connectivity index (χ1v) is 9.71. The molecule has 0 spiro atoms. The second-order valence-electron chi connectivity index (χ2n) is 7.43. The van der Waals surface area contributed by atoms with Crippen LogP contribution in [0, 0.1) is 0 Å². The van der Waals surface area contributed by atoms with Gasteiger partial charge in [0, 0.05) is 25.7 Å². The Hall–Kier alpha value is -0.850. The zero-order valence-corrected chi connectivity index (χ0v) is 15.8. The minimum absolute atomic E-state index is 0.210. The highest BCUT2D eigenvalue weighted by atomic mass is 35.5. The fourth-order valence-electron chi connectivity index (χ4n) is 3.69. The van der Waals surface area contributed by atoms with E-state index in [-0.39, 0.29) is 12.1 Å². The van der Waals surface area contributed by atoms with Crippen LogP contribution in [0.15, 0.2) is 18.2 Å². The number of rotatable bonds is 6. The van der Waals surface area contributed by atoms with Crippen LogP contribution in [-0.4, -0.2) is 66.8 Å². The lowest BCUT2D eigenvalue weighted by Gasteiger charge is -2.29. The highest BCUT2D eigenvalue weighted by Gasteiger charge is 2.23. The first-order chi connectivity index (χ1) is 12.0. The number of piperidine rings is 1. The zero-order chi connectivity index (χ0) is 17.8. The molecule has 5 nitrogen and oxygen atoms in total. The van der Waals surface area contributed by atoms with Crippen molar-refractivity contribution in [3.05, 3.63) is 28.8 Å². The van der Waals surface area contributed by atoms with E-state index in [2.05, 4.69) is 16.8 Å². The molecule has 6 heteroatoms. The predicted octanol–water partition coefficient (Wildman–Crippen LogP) is 2.27. The molecule has 25 heavy (non-hydrogen) atoms. The minimum atomic E-state index is -0.713. The molecule has 140 valence electrons. The smallest absolute Gasteiger partial charge is 0.138 e.